The predicted octanol–water partition coefficient (Wildman–Crippen LogP) is 1.10. The number of aryl methyl sites for hydroxylation is 1. The lowest BCUT2D eigenvalue weighted by molar-refractivity contribution is -0.385. The highest BCUT2D eigenvalue weighted by molar-refractivity contribution is 5.85. The van der Waals surface area contributed by atoms with Gasteiger partial charge in [0.1, 0.15) is 0 Å². The smallest absolute Gasteiger partial charge is 0.272 e. The van der Waals surface area contributed by atoms with Gasteiger partial charge in [-0.3, -0.25) is 10.1 Å². The molecule has 0 amide bonds. The van der Waals surface area contributed by atoms with Crippen LogP contribution in [0.4, 0.5) is 5.69 Å². The molecule has 1 rings (SSSR count). The normalized spacial score (nSPS) is 9.06. The molecule has 0 unspecified atom stereocenters. The average Bonchev–Trinajstić information content (AvgIpc) is 2.16. The summed E-state index contributed by atoms with van der Waals surface area (Å²) in [6, 6.07) is 4.91. The highest BCUT2D eigenvalue weighted by Gasteiger charge is 2.10. The fourth-order valence-electron chi connectivity index (χ4n) is 1.13. The van der Waals surface area contributed by atoms with Gasteiger partial charge in [-0.1, -0.05) is 12.1 Å². The number of nitrogens with zero attached hydrogens (tertiary/aromatic N) is 2. The lowest BCUT2D eigenvalue weighted by atomic mass is 10.1. The van der Waals surface area contributed by atoms with E-state index in [0.29, 0.717) is 11.1 Å². The predicted molar refractivity (Wildman–Crippen MR) is 64.6 cm³/mol. The molecule has 0 aliphatic heterocycles. The maximum Gasteiger partial charge on any atom is 0.272 e. The van der Waals surface area contributed by atoms with Gasteiger partial charge in [0.2, 0.25) is 0 Å². The first kappa shape index (κ1) is 14.2. The maximum absolute atomic E-state index is 10.6. The first-order valence-corrected chi connectivity index (χ1v) is 4.30. The Morgan fingerprint density at radius 1 is 1.50 bits per heavy atom. The highest BCUT2D eigenvalue weighted by Crippen LogP contribution is 2.19. The summed E-state index contributed by atoms with van der Waals surface area (Å²) < 4.78 is 0. The third kappa shape index (κ3) is 3.74. The van der Waals surface area contributed by atoms with Crippen LogP contribution in [0.15, 0.2) is 23.2 Å². The molecular formula is C9H13ClN4O2. The Kier molecular flexibility index (Phi) is 5.24. The molecule has 16 heavy (non-hydrogen) atoms. The van der Waals surface area contributed by atoms with Crippen LogP contribution < -0.4 is 11.5 Å². The summed E-state index contributed by atoms with van der Waals surface area (Å²) in [6.07, 6.45) is 0. The number of rotatable bonds is 3. The lowest BCUT2D eigenvalue weighted by Crippen LogP contribution is -2.22. The SMILES string of the molecule is Cc1ccc(CN=C(N)N)cc1[N+](=O)[O-].Cl. The first-order valence-electron chi connectivity index (χ1n) is 4.30. The van der Waals surface area contributed by atoms with E-state index in [0.717, 1.165) is 0 Å². The number of nitro groups is 1. The number of hydrogen-bond acceptors (Lipinski definition) is 3. The molecule has 88 valence electrons. The van der Waals surface area contributed by atoms with Crippen LogP contribution >= 0.6 is 12.4 Å². The van der Waals surface area contributed by atoms with E-state index >= 15 is 0 Å². The van der Waals surface area contributed by atoms with Gasteiger partial charge < -0.3 is 11.5 Å². The number of halogens is 1. The zero-order valence-electron chi connectivity index (χ0n) is 8.71. The zero-order valence-corrected chi connectivity index (χ0v) is 9.53. The molecular weight excluding hydrogens is 232 g/mol. The molecule has 1 aromatic rings. The Morgan fingerprint density at radius 3 is 2.62 bits per heavy atom. The van der Waals surface area contributed by atoms with Gasteiger partial charge in [0.25, 0.3) is 5.69 Å². The van der Waals surface area contributed by atoms with Crippen molar-refractivity contribution in [3.05, 3.63) is 39.4 Å². The molecule has 0 aliphatic rings. The van der Waals surface area contributed by atoms with Crippen molar-refractivity contribution in [3.63, 3.8) is 0 Å². The van der Waals surface area contributed by atoms with Crippen molar-refractivity contribution in [2.24, 2.45) is 16.5 Å². The van der Waals surface area contributed by atoms with Gasteiger partial charge in [0, 0.05) is 11.6 Å². The van der Waals surface area contributed by atoms with Crippen LogP contribution in [0.1, 0.15) is 11.1 Å². The van der Waals surface area contributed by atoms with Crippen molar-refractivity contribution in [1.29, 1.82) is 0 Å². The molecule has 0 bridgehead atoms. The Morgan fingerprint density at radius 2 is 2.12 bits per heavy atom. The molecule has 0 aliphatic carbocycles. The van der Waals surface area contributed by atoms with E-state index in [4.69, 9.17) is 11.5 Å². The summed E-state index contributed by atoms with van der Waals surface area (Å²) in [7, 11) is 0. The summed E-state index contributed by atoms with van der Waals surface area (Å²) in [5, 5.41) is 10.6. The number of hydrogen-bond donors (Lipinski definition) is 2. The van der Waals surface area contributed by atoms with Gasteiger partial charge >= 0.3 is 0 Å². The molecule has 0 saturated carbocycles. The van der Waals surface area contributed by atoms with Gasteiger partial charge in [-0.2, -0.15) is 0 Å². The summed E-state index contributed by atoms with van der Waals surface area (Å²) in [5.74, 6) is -0.0294. The van der Waals surface area contributed by atoms with Crippen molar-refractivity contribution >= 4 is 24.1 Å². The number of aliphatic imine (C=N–C) groups is 1. The topological polar surface area (TPSA) is 108 Å². The van der Waals surface area contributed by atoms with E-state index in [1.807, 2.05) is 0 Å². The molecule has 0 radical (unpaired) electrons. The molecule has 0 atom stereocenters. The van der Waals surface area contributed by atoms with E-state index in [-0.39, 0.29) is 30.6 Å². The first-order chi connectivity index (χ1) is 7.00. The molecule has 4 N–H and O–H groups in total. The summed E-state index contributed by atoms with van der Waals surface area (Å²) in [4.78, 5) is 14.0. The summed E-state index contributed by atoms with van der Waals surface area (Å²) in [6.45, 7) is 1.94. The minimum Gasteiger partial charge on any atom is -0.370 e. The van der Waals surface area contributed by atoms with Gasteiger partial charge in [-0.25, -0.2) is 4.99 Å². The third-order valence-corrected chi connectivity index (χ3v) is 1.91. The summed E-state index contributed by atoms with van der Waals surface area (Å²) >= 11 is 0. The molecule has 0 heterocycles. The second kappa shape index (κ2) is 5.92. The van der Waals surface area contributed by atoms with Crippen molar-refractivity contribution in [2.45, 2.75) is 13.5 Å². The van der Waals surface area contributed by atoms with Crippen molar-refractivity contribution < 1.29 is 4.92 Å². The number of nitrogens with two attached hydrogens (primary N) is 2. The molecule has 7 heteroatoms. The van der Waals surface area contributed by atoms with E-state index < -0.39 is 4.92 Å². The van der Waals surface area contributed by atoms with Gasteiger partial charge in [0.15, 0.2) is 5.96 Å². The van der Waals surface area contributed by atoms with Crippen LogP contribution in [-0.2, 0) is 6.54 Å². The summed E-state index contributed by atoms with van der Waals surface area (Å²) in [5.41, 5.74) is 11.7. The van der Waals surface area contributed by atoms with Gasteiger partial charge in [-0.15, -0.1) is 12.4 Å². The van der Waals surface area contributed by atoms with Crippen molar-refractivity contribution in [3.8, 4) is 0 Å². The highest BCUT2D eigenvalue weighted by atomic mass is 35.5. The number of benzene rings is 1. The molecule has 1 aromatic carbocycles. The Labute approximate surface area is 98.9 Å². The average molecular weight is 245 g/mol. The van der Waals surface area contributed by atoms with Gasteiger partial charge in [-0.05, 0) is 12.5 Å². The second-order valence-corrected chi connectivity index (χ2v) is 3.12. The number of guanidine groups is 1. The van der Waals surface area contributed by atoms with Crippen molar-refractivity contribution in [2.75, 3.05) is 0 Å². The van der Waals surface area contributed by atoms with E-state index in [1.165, 1.54) is 6.07 Å². The Bertz CT molecular complexity index is 416. The van der Waals surface area contributed by atoms with Crippen LogP contribution in [0.3, 0.4) is 0 Å². The molecule has 6 nitrogen and oxygen atoms in total. The fraction of sp³-hybridized carbons (Fsp3) is 0.222. The minimum atomic E-state index is -0.422. The fourth-order valence-corrected chi connectivity index (χ4v) is 1.13. The molecule has 0 aromatic heterocycles. The van der Waals surface area contributed by atoms with E-state index in [9.17, 15) is 10.1 Å². The van der Waals surface area contributed by atoms with Crippen LogP contribution in [0.2, 0.25) is 0 Å². The molecule has 0 saturated heterocycles. The Hall–Kier alpha value is -1.82. The van der Waals surface area contributed by atoms with Crippen molar-refractivity contribution in [1.82, 2.24) is 0 Å². The van der Waals surface area contributed by atoms with Gasteiger partial charge in [0.05, 0.1) is 11.5 Å². The lowest BCUT2D eigenvalue weighted by Gasteiger charge is -2.00. The largest absolute Gasteiger partial charge is 0.370 e. The van der Waals surface area contributed by atoms with Crippen LogP contribution in [-0.4, -0.2) is 10.9 Å². The Balaban J connectivity index is 0.00000225. The standard InChI is InChI=1S/C9H12N4O2.ClH/c1-6-2-3-7(5-12-9(10)11)4-8(6)13(14)15;/h2-4H,5H2,1H3,(H4,10,11,12);1H. The molecule has 0 fully saturated rings. The molecule has 0 spiro atoms. The second-order valence-electron chi connectivity index (χ2n) is 3.12. The monoisotopic (exact) mass is 244 g/mol. The zero-order chi connectivity index (χ0) is 11.4. The number of nitro benzene ring substituents is 1. The quantitative estimate of drug-likeness (QED) is 0.359. The van der Waals surface area contributed by atoms with Crippen LogP contribution in [0.5, 0.6) is 0 Å². The minimum absolute atomic E-state index is 0. The maximum atomic E-state index is 10.6. The third-order valence-electron chi connectivity index (χ3n) is 1.91. The van der Waals surface area contributed by atoms with E-state index in [1.54, 1.807) is 19.1 Å². The van der Waals surface area contributed by atoms with E-state index in [2.05, 4.69) is 4.99 Å². The van der Waals surface area contributed by atoms with Crippen LogP contribution in [0.25, 0.3) is 0 Å². The van der Waals surface area contributed by atoms with Crippen LogP contribution in [0, 0.1) is 17.0 Å².